The van der Waals surface area contributed by atoms with Gasteiger partial charge in [-0.3, -0.25) is 4.79 Å². The van der Waals surface area contributed by atoms with Gasteiger partial charge in [-0.05, 0) is 39.3 Å². The van der Waals surface area contributed by atoms with Gasteiger partial charge in [0.1, 0.15) is 11.5 Å². The van der Waals surface area contributed by atoms with E-state index in [0.717, 1.165) is 36.4 Å². The van der Waals surface area contributed by atoms with Crippen molar-refractivity contribution in [1.29, 1.82) is 0 Å². The lowest BCUT2D eigenvalue weighted by Crippen LogP contribution is -2.47. The molecule has 0 radical (unpaired) electrons. The van der Waals surface area contributed by atoms with Gasteiger partial charge in [-0.25, -0.2) is 0 Å². The number of hydrogen-bond acceptors (Lipinski definition) is 5. The molecule has 1 N–H and O–H groups in total. The Balaban J connectivity index is 1.82. The van der Waals surface area contributed by atoms with Gasteiger partial charge < -0.3 is 14.6 Å². The van der Waals surface area contributed by atoms with Crippen LogP contribution in [0.2, 0.25) is 0 Å². The second-order valence-corrected chi connectivity index (χ2v) is 6.51. The van der Waals surface area contributed by atoms with E-state index in [2.05, 4.69) is 16.5 Å². The third kappa shape index (κ3) is 3.51. The Morgan fingerprint density at radius 2 is 2.29 bits per heavy atom. The zero-order valence-corrected chi connectivity index (χ0v) is 14.3. The van der Waals surface area contributed by atoms with E-state index >= 15 is 0 Å². The molecule has 1 aromatic carbocycles. The third-order valence-electron chi connectivity index (χ3n) is 4.57. The third-order valence-corrected chi connectivity index (χ3v) is 4.57. The molecule has 1 saturated heterocycles. The standard InChI is InChI=1S/C19H24N2O3/c1-3-23-18(22)19(8-5-9-20-13-19)12-16-11-17(21-24-16)15-7-4-6-14(2)10-15/h4,6-7,10-11,20H,3,5,8-9,12-13H2,1-2H3/t19-/m1/s1. The number of ether oxygens (including phenoxy) is 1. The van der Waals surface area contributed by atoms with Gasteiger partial charge in [0.15, 0.2) is 0 Å². The van der Waals surface area contributed by atoms with Crippen molar-refractivity contribution < 1.29 is 14.1 Å². The number of piperidine rings is 1. The molecule has 0 unspecified atom stereocenters. The number of nitrogens with one attached hydrogen (secondary N) is 1. The van der Waals surface area contributed by atoms with Gasteiger partial charge in [0.2, 0.25) is 0 Å². The minimum atomic E-state index is -0.558. The molecule has 0 bridgehead atoms. The van der Waals surface area contributed by atoms with Crippen molar-refractivity contribution in [2.24, 2.45) is 5.41 Å². The summed E-state index contributed by atoms with van der Waals surface area (Å²) in [4.78, 5) is 12.5. The highest BCUT2D eigenvalue weighted by Gasteiger charge is 2.42. The van der Waals surface area contributed by atoms with Crippen LogP contribution in [-0.2, 0) is 16.0 Å². The largest absolute Gasteiger partial charge is 0.466 e. The smallest absolute Gasteiger partial charge is 0.313 e. The van der Waals surface area contributed by atoms with Gasteiger partial charge in [-0.2, -0.15) is 0 Å². The van der Waals surface area contributed by atoms with Crippen LogP contribution in [0.1, 0.15) is 31.1 Å². The molecule has 1 aliphatic heterocycles. The number of carbonyl (C=O) groups is 1. The van der Waals surface area contributed by atoms with Crippen LogP contribution < -0.4 is 5.32 Å². The Kier molecular flexibility index (Phi) is 5.00. The molecular weight excluding hydrogens is 304 g/mol. The average Bonchev–Trinajstić information content (AvgIpc) is 3.04. The van der Waals surface area contributed by atoms with Crippen LogP contribution >= 0.6 is 0 Å². The maximum absolute atomic E-state index is 12.5. The quantitative estimate of drug-likeness (QED) is 0.854. The summed E-state index contributed by atoms with van der Waals surface area (Å²) in [5, 5.41) is 7.50. The molecule has 3 rings (SSSR count). The zero-order chi connectivity index (χ0) is 17.0. The predicted molar refractivity (Wildman–Crippen MR) is 91.5 cm³/mol. The number of rotatable bonds is 5. The molecule has 5 heteroatoms. The van der Waals surface area contributed by atoms with Gasteiger partial charge in [0.05, 0.1) is 12.0 Å². The van der Waals surface area contributed by atoms with Gasteiger partial charge in [-0.15, -0.1) is 0 Å². The molecule has 5 nitrogen and oxygen atoms in total. The van der Waals surface area contributed by atoms with Crippen LogP contribution in [0.3, 0.4) is 0 Å². The number of carbonyl (C=O) groups excluding carboxylic acids is 1. The fourth-order valence-electron chi connectivity index (χ4n) is 3.32. The molecule has 0 aliphatic carbocycles. The lowest BCUT2D eigenvalue weighted by Gasteiger charge is -2.34. The van der Waals surface area contributed by atoms with Crippen molar-refractivity contribution in [2.45, 2.75) is 33.1 Å². The van der Waals surface area contributed by atoms with Crippen molar-refractivity contribution in [1.82, 2.24) is 10.5 Å². The Bertz CT molecular complexity index is 702. The van der Waals surface area contributed by atoms with Gasteiger partial charge in [0, 0.05) is 24.6 Å². The maximum Gasteiger partial charge on any atom is 0.313 e. The molecular formula is C19H24N2O3. The molecule has 1 aromatic heterocycles. The fraction of sp³-hybridized carbons (Fsp3) is 0.474. The van der Waals surface area contributed by atoms with Crippen LogP contribution in [0.5, 0.6) is 0 Å². The lowest BCUT2D eigenvalue weighted by molar-refractivity contribution is -0.156. The monoisotopic (exact) mass is 328 g/mol. The lowest BCUT2D eigenvalue weighted by atomic mass is 9.77. The summed E-state index contributed by atoms with van der Waals surface area (Å²) >= 11 is 0. The molecule has 0 saturated carbocycles. The number of aryl methyl sites for hydroxylation is 1. The molecule has 24 heavy (non-hydrogen) atoms. The second-order valence-electron chi connectivity index (χ2n) is 6.51. The van der Waals surface area contributed by atoms with E-state index in [-0.39, 0.29) is 5.97 Å². The molecule has 0 spiro atoms. The van der Waals surface area contributed by atoms with Gasteiger partial charge in [-0.1, -0.05) is 28.9 Å². The van der Waals surface area contributed by atoms with Crippen molar-refractivity contribution in [3.8, 4) is 11.3 Å². The van der Waals surface area contributed by atoms with E-state index in [0.29, 0.717) is 19.6 Å². The molecule has 1 atom stereocenters. The predicted octanol–water partition coefficient (Wildman–Crippen LogP) is 3.13. The van der Waals surface area contributed by atoms with Crippen molar-refractivity contribution >= 4 is 5.97 Å². The second kappa shape index (κ2) is 7.18. The molecule has 128 valence electrons. The SMILES string of the molecule is CCOC(=O)[C@@]1(Cc2cc(-c3cccc(C)c3)no2)CCCNC1. The Labute approximate surface area is 142 Å². The zero-order valence-electron chi connectivity index (χ0n) is 14.3. The maximum atomic E-state index is 12.5. The van der Waals surface area contributed by atoms with Crippen LogP contribution in [0, 0.1) is 12.3 Å². The summed E-state index contributed by atoms with van der Waals surface area (Å²) in [5.74, 6) is 0.578. The summed E-state index contributed by atoms with van der Waals surface area (Å²) in [6.07, 6.45) is 2.27. The van der Waals surface area contributed by atoms with Gasteiger partial charge in [0.25, 0.3) is 0 Å². The van der Waals surface area contributed by atoms with Crippen LogP contribution in [0.15, 0.2) is 34.9 Å². The Hall–Kier alpha value is -2.14. The number of hydrogen-bond donors (Lipinski definition) is 1. The fourth-order valence-corrected chi connectivity index (χ4v) is 3.32. The summed E-state index contributed by atoms with van der Waals surface area (Å²) in [5.41, 5.74) is 2.45. The summed E-state index contributed by atoms with van der Waals surface area (Å²) in [6, 6.07) is 10.1. The van der Waals surface area contributed by atoms with E-state index in [1.807, 2.05) is 38.1 Å². The Morgan fingerprint density at radius 1 is 1.42 bits per heavy atom. The Morgan fingerprint density at radius 3 is 3.00 bits per heavy atom. The van der Waals surface area contributed by atoms with Crippen molar-refractivity contribution in [3.05, 3.63) is 41.7 Å². The highest BCUT2D eigenvalue weighted by atomic mass is 16.5. The van der Waals surface area contributed by atoms with Crippen LogP contribution in [0.25, 0.3) is 11.3 Å². The first-order valence-corrected chi connectivity index (χ1v) is 8.53. The van der Waals surface area contributed by atoms with E-state index in [1.54, 1.807) is 0 Å². The van der Waals surface area contributed by atoms with Crippen LogP contribution in [0.4, 0.5) is 0 Å². The molecule has 1 fully saturated rings. The van der Waals surface area contributed by atoms with Crippen LogP contribution in [-0.4, -0.2) is 30.8 Å². The first-order chi connectivity index (χ1) is 11.6. The topological polar surface area (TPSA) is 64.4 Å². The normalized spacial score (nSPS) is 20.8. The van der Waals surface area contributed by atoms with E-state index in [4.69, 9.17) is 9.26 Å². The number of aromatic nitrogens is 1. The first kappa shape index (κ1) is 16.7. The number of esters is 1. The molecule has 2 aromatic rings. The number of nitrogens with zero attached hydrogens (tertiary/aromatic N) is 1. The minimum Gasteiger partial charge on any atom is -0.466 e. The summed E-state index contributed by atoms with van der Waals surface area (Å²) in [6.45, 7) is 5.84. The highest BCUT2D eigenvalue weighted by molar-refractivity contribution is 5.77. The van der Waals surface area contributed by atoms with E-state index < -0.39 is 5.41 Å². The molecule has 0 amide bonds. The van der Waals surface area contributed by atoms with Crippen molar-refractivity contribution in [2.75, 3.05) is 19.7 Å². The minimum absolute atomic E-state index is 0.147. The highest BCUT2D eigenvalue weighted by Crippen LogP contribution is 2.33. The molecule has 2 heterocycles. The van der Waals surface area contributed by atoms with Gasteiger partial charge >= 0.3 is 5.97 Å². The van der Waals surface area contributed by atoms with Crippen molar-refractivity contribution in [3.63, 3.8) is 0 Å². The summed E-state index contributed by atoms with van der Waals surface area (Å²) < 4.78 is 10.9. The molecule has 1 aliphatic rings. The summed E-state index contributed by atoms with van der Waals surface area (Å²) in [7, 11) is 0. The average molecular weight is 328 g/mol. The van der Waals surface area contributed by atoms with E-state index in [9.17, 15) is 4.79 Å². The first-order valence-electron chi connectivity index (χ1n) is 8.53. The number of benzene rings is 1. The van der Waals surface area contributed by atoms with E-state index in [1.165, 1.54) is 5.56 Å².